The van der Waals surface area contributed by atoms with Crippen molar-refractivity contribution < 1.29 is 9.53 Å². The first-order valence-corrected chi connectivity index (χ1v) is 6.71. The first kappa shape index (κ1) is 13.3. The van der Waals surface area contributed by atoms with Crippen LogP contribution >= 0.6 is 23.2 Å². The molecule has 0 amide bonds. The van der Waals surface area contributed by atoms with Gasteiger partial charge < -0.3 is 4.74 Å². The van der Waals surface area contributed by atoms with E-state index in [9.17, 15) is 4.79 Å². The molecule has 1 saturated carbocycles. The molecule has 0 saturated heterocycles. The average molecular weight is 313 g/mol. The number of hydrogen-bond donors (Lipinski definition) is 0. The van der Waals surface area contributed by atoms with Crippen molar-refractivity contribution in [3.05, 3.63) is 36.2 Å². The number of carbonyl (C=O) groups excluding carboxylic acids is 1. The van der Waals surface area contributed by atoms with Gasteiger partial charge in [0.1, 0.15) is 4.33 Å². The number of alkyl halides is 2. The third-order valence-electron chi connectivity index (χ3n) is 2.99. The lowest BCUT2D eigenvalue weighted by molar-refractivity contribution is -0.146. The third-order valence-corrected chi connectivity index (χ3v) is 3.82. The van der Waals surface area contributed by atoms with E-state index in [4.69, 9.17) is 27.9 Å². The fourth-order valence-electron chi connectivity index (χ4n) is 1.77. The Kier molecular flexibility index (Phi) is 3.35. The Labute approximate surface area is 124 Å². The highest BCUT2D eigenvalue weighted by Crippen LogP contribution is 2.53. The molecule has 1 fully saturated rings. The summed E-state index contributed by atoms with van der Waals surface area (Å²) in [5, 5.41) is 11.3. The quantitative estimate of drug-likeness (QED) is 0.637. The van der Waals surface area contributed by atoms with Gasteiger partial charge in [0.05, 0.1) is 11.6 Å². The maximum absolute atomic E-state index is 11.7. The maximum atomic E-state index is 11.7. The highest BCUT2D eigenvalue weighted by atomic mass is 35.5. The summed E-state index contributed by atoms with van der Waals surface area (Å²) < 4.78 is 5.66. The molecule has 1 aliphatic rings. The average Bonchev–Trinajstić information content (AvgIpc) is 2.89. The van der Waals surface area contributed by atoms with Gasteiger partial charge in [0.25, 0.3) is 0 Å². The molecule has 1 atom stereocenters. The lowest BCUT2D eigenvalue weighted by atomic mass is 10.3. The summed E-state index contributed by atoms with van der Waals surface area (Å²) in [5.74, 6) is -0.468. The zero-order chi connectivity index (χ0) is 14.2. The molecular weight excluding hydrogens is 303 g/mol. The molecule has 1 aromatic carbocycles. The Balaban J connectivity index is 1.68. The van der Waals surface area contributed by atoms with Gasteiger partial charge in [-0.25, -0.2) is 0 Å². The molecule has 104 valence electrons. The Hall–Kier alpha value is -1.66. The number of rotatable bonds is 4. The second kappa shape index (κ2) is 5.03. The van der Waals surface area contributed by atoms with Crippen molar-refractivity contribution in [3.8, 4) is 5.69 Å². The fourth-order valence-corrected chi connectivity index (χ4v) is 2.26. The van der Waals surface area contributed by atoms with E-state index in [0.29, 0.717) is 12.2 Å². The van der Waals surface area contributed by atoms with Crippen molar-refractivity contribution in [1.82, 2.24) is 20.2 Å². The van der Waals surface area contributed by atoms with Gasteiger partial charge in [-0.15, -0.1) is 28.3 Å². The zero-order valence-electron chi connectivity index (χ0n) is 10.2. The summed E-state index contributed by atoms with van der Waals surface area (Å²) in [6, 6.07) is 9.33. The third kappa shape index (κ3) is 2.62. The fraction of sp³-hybridized carbons (Fsp3) is 0.333. The predicted molar refractivity (Wildman–Crippen MR) is 71.5 cm³/mol. The molecule has 20 heavy (non-hydrogen) atoms. The number of ether oxygens (including phenoxy) is 1. The first-order valence-electron chi connectivity index (χ1n) is 5.95. The molecule has 0 aliphatic heterocycles. The predicted octanol–water partition coefficient (Wildman–Crippen LogP) is 1.90. The lowest BCUT2D eigenvalue weighted by Gasteiger charge is -2.05. The molecule has 0 N–H and O–H groups in total. The zero-order valence-corrected chi connectivity index (χ0v) is 11.8. The van der Waals surface area contributed by atoms with E-state index in [1.54, 1.807) is 0 Å². The smallest absolute Gasteiger partial charge is 0.312 e. The van der Waals surface area contributed by atoms with Gasteiger partial charge >= 0.3 is 5.97 Å². The molecule has 2 aromatic rings. The van der Waals surface area contributed by atoms with Gasteiger partial charge in [-0.3, -0.25) is 4.79 Å². The highest BCUT2D eigenvalue weighted by Gasteiger charge is 2.57. The maximum Gasteiger partial charge on any atom is 0.312 e. The number of para-hydroxylation sites is 1. The van der Waals surface area contributed by atoms with Crippen LogP contribution in [0.25, 0.3) is 5.69 Å². The molecule has 1 aliphatic carbocycles. The van der Waals surface area contributed by atoms with Crippen molar-refractivity contribution in [2.45, 2.75) is 17.4 Å². The second-order valence-electron chi connectivity index (χ2n) is 4.47. The number of hydrogen-bond acceptors (Lipinski definition) is 5. The van der Waals surface area contributed by atoms with Crippen molar-refractivity contribution >= 4 is 29.2 Å². The molecule has 0 spiro atoms. The number of tetrazole rings is 1. The van der Waals surface area contributed by atoms with Crippen molar-refractivity contribution in [2.24, 2.45) is 5.92 Å². The molecule has 0 bridgehead atoms. The molecule has 1 aromatic heterocycles. The van der Waals surface area contributed by atoms with Crippen LogP contribution < -0.4 is 0 Å². The number of nitrogens with zero attached hydrogens (tertiary/aromatic N) is 4. The van der Waals surface area contributed by atoms with E-state index in [0.717, 1.165) is 5.69 Å². The van der Waals surface area contributed by atoms with E-state index in [-0.39, 0.29) is 6.61 Å². The van der Waals surface area contributed by atoms with Crippen LogP contribution in [0, 0.1) is 5.92 Å². The summed E-state index contributed by atoms with van der Waals surface area (Å²) >= 11 is 11.6. The van der Waals surface area contributed by atoms with E-state index < -0.39 is 16.2 Å². The van der Waals surface area contributed by atoms with Gasteiger partial charge in [0, 0.05) is 0 Å². The molecule has 1 unspecified atom stereocenters. The number of carbonyl (C=O) groups is 1. The monoisotopic (exact) mass is 312 g/mol. The number of halogens is 2. The van der Waals surface area contributed by atoms with Crippen LogP contribution in [0.1, 0.15) is 12.2 Å². The van der Waals surface area contributed by atoms with Crippen LogP contribution in [0.5, 0.6) is 0 Å². The van der Waals surface area contributed by atoms with Crippen LogP contribution in [-0.2, 0) is 16.1 Å². The van der Waals surface area contributed by atoms with Gasteiger partial charge in [-0.2, -0.15) is 4.68 Å². The lowest BCUT2D eigenvalue weighted by Crippen LogP contribution is -2.13. The minimum atomic E-state index is -0.984. The van der Waals surface area contributed by atoms with Gasteiger partial charge in [0.2, 0.25) is 0 Å². The van der Waals surface area contributed by atoms with Crippen LogP contribution in [0.4, 0.5) is 0 Å². The minimum Gasteiger partial charge on any atom is -0.457 e. The van der Waals surface area contributed by atoms with E-state index in [1.807, 2.05) is 30.3 Å². The Morgan fingerprint density at radius 2 is 2.10 bits per heavy atom. The van der Waals surface area contributed by atoms with Crippen molar-refractivity contribution in [1.29, 1.82) is 0 Å². The Morgan fingerprint density at radius 1 is 1.40 bits per heavy atom. The largest absolute Gasteiger partial charge is 0.457 e. The highest BCUT2D eigenvalue weighted by molar-refractivity contribution is 6.52. The molecule has 6 nitrogen and oxygen atoms in total. The van der Waals surface area contributed by atoms with Crippen molar-refractivity contribution in [3.63, 3.8) is 0 Å². The summed E-state index contributed by atoms with van der Waals surface area (Å²) in [6.07, 6.45) is 0.415. The normalized spacial score (nSPS) is 19.6. The second-order valence-corrected chi connectivity index (χ2v) is 6.01. The van der Waals surface area contributed by atoms with Crippen LogP contribution in [0.15, 0.2) is 30.3 Å². The topological polar surface area (TPSA) is 69.9 Å². The minimum absolute atomic E-state index is 0.0267. The first-order chi connectivity index (χ1) is 9.58. The van der Waals surface area contributed by atoms with Crippen LogP contribution in [0.2, 0.25) is 0 Å². The van der Waals surface area contributed by atoms with Crippen LogP contribution in [0.3, 0.4) is 0 Å². The van der Waals surface area contributed by atoms with Crippen molar-refractivity contribution in [2.75, 3.05) is 0 Å². The Bertz CT molecular complexity index is 629. The van der Waals surface area contributed by atoms with Gasteiger partial charge in [-0.1, -0.05) is 18.2 Å². The summed E-state index contributed by atoms with van der Waals surface area (Å²) in [5.41, 5.74) is 0.791. The van der Waals surface area contributed by atoms with Gasteiger partial charge in [-0.05, 0) is 29.0 Å². The standard InChI is InChI=1S/C12H10Cl2N4O2/c13-12(14)6-9(12)11(19)20-7-10-15-16-17-18(10)8-4-2-1-3-5-8/h1-5,9H,6-7H2. The molecule has 8 heteroatoms. The number of esters is 1. The number of benzene rings is 1. The number of aromatic nitrogens is 4. The SMILES string of the molecule is O=C(OCc1nnnn1-c1ccccc1)C1CC1(Cl)Cl. The molecular formula is C12H10Cl2N4O2. The van der Waals surface area contributed by atoms with Crippen LogP contribution in [-0.4, -0.2) is 30.5 Å². The van der Waals surface area contributed by atoms with E-state index in [1.165, 1.54) is 4.68 Å². The summed E-state index contributed by atoms with van der Waals surface area (Å²) in [6.45, 7) is -0.0267. The summed E-state index contributed by atoms with van der Waals surface area (Å²) in [4.78, 5) is 11.7. The molecule has 0 radical (unpaired) electrons. The van der Waals surface area contributed by atoms with E-state index in [2.05, 4.69) is 15.5 Å². The molecule has 1 heterocycles. The summed E-state index contributed by atoms with van der Waals surface area (Å²) in [7, 11) is 0. The Morgan fingerprint density at radius 3 is 2.75 bits per heavy atom. The molecule has 3 rings (SSSR count). The van der Waals surface area contributed by atoms with Gasteiger partial charge in [0.15, 0.2) is 12.4 Å². The van der Waals surface area contributed by atoms with E-state index >= 15 is 0 Å².